The van der Waals surface area contributed by atoms with Crippen molar-refractivity contribution in [1.29, 1.82) is 0 Å². The van der Waals surface area contributed by atoms with Crippen LogP contribution in [0.25, 0.3) is 0 Å². The molecule has 0 bridgehead atoms. The van der Waals surface area contributed by atoms with Crippen LogP contribution >= 0.6 is 0 Å². The highest BCUT2D eigenvalue weighted by atomic mass is 16.5. The van der Waals surface area contributed by atoms with Crippen LogP contribution < -0.4 is 0 Å². The summed E-state index contributed by atoms with van der Waals surface area (Å²) in [5.74, 6) is -3.64. The molecule has 1 aliphatic rings. The lowest BCUT2D eigenvalue weighted by Gasteiger charge is -2.31. The number of rotatable bonds is 17. The van der Waals surface area contributed by atoms with Crippen molar-refractivity contribution in [3.8, 4) is 0 Å². The van der Waals surface area contributed by atoms with Gasteiger partial charge in [0.1, 0.15) is 0 Å². The molecule has 1 rings (SSSR count). The Morgan fingerprint density at radius 3 is 1.61 bits per heavy atom. The third kappa shape index (κ3) is 11.6. The standard InChI is InChI=1S/C25H44O6/c1-3-5-7-9-11-13-17-30-24(28)21-16-15-20(23(26)27)19-22(21)25(29)31-18-14-12-10-8-6-4-2/h20-22H,3-19H2,1-2H3,(H,26,27). The predicted octanol–water partition coefficient (Wildman–Crippen LogP) is 5.91. The van der Waals surface area contributed by atoms with Crippen molar-refractivity contribution in [3.05, 3.63) is 0 Å². The molecule has 1 N–H and O–H groups in total. The summed E-state index contributed by atoms with van der Waals surface area (Å²) in [5.41, 5.74) is 0. The molecule has 31 heavy (non-hydrogen) atoms. The van der Waals surface area contributed by atoms with Gasteiger partial charge in [-0.3, -0.25) is 14.4 Å². The number of ether oxygens (including phenoxy) is 2. The van der Waals surface area contributed by atoms with E-state index in [0.29, 0.717) is 26.1 Å². The molecule has 1 fully saturated rings. The maximum absolute atomic E-state index is 12.7. The molecule has 0 amide bonds. The predicted molar refractivity (Wildman–Crippen MR) is 121 cm³/mol. The second-order valence-corrected chi connectivity index (χ2v) is 8.93. The van der Waals surface area contributed by atoms with Crippen LogP contribution in [0.2, 0.25) is 0 Å². The van der Waals surface area contributed by atoms with Gasteiger partial charge in [-0.2, -0.15) is 0 Å². The van der Waals surface area contributed by atoms with Crippen LogP contribution in [0.1, 0.15) is 110 Å². The minimum Gasteiger partial charge on any atom is -0.481 e. The lowest BCUT2D eigenvalue weighted by Crippen LogP contribution is -2.39. The van der Waals surface area contributed by atoms with Gasteiger partial charge in [-0.1, -0.05) is 78.1 Å². The largest absolute Gasteiger partial charge is 0.481 e. The van der Waals surface area contributed by atoms with Crippen LogP contribution in [0.4, 0.5) is 0 Å². The van der Waals surface area contributed by atoms with Gasteiger partial charge in [0.05, 0.1) is 31.0 Å². The van der Waals surface area contributed by atoms with E-state index in [1.54, 1.807) is 0 Å². The number of carbonyl (C=O) groups excluding carboxylic acids is 2. The molecule has 0 saturated heterocycles. The number of carbonyl (C=O) groups is 3. The first-order chi connectivity index (χ1) is 15.0. The molecule has 6 nitrogen and oxygen atoms in total. The zero-order chi connectivity index (χ0) is 22.9. The Kier molecular flexibility index (Phi) is 15.1. The van der Waals surface area contributed by atoms with Gasteiger partial charge < -0.3 is 14.6 Å². The fraction of sp³-hybridized carbons (Fsp3) is 0.880. The fourth-order valence-electron chi connectivity index (χ4n) is 4.26. The smallest absolute Gasteiger partial charge is 0.309 e. The zero-order valence-electron chi connectivity index (χ0n) is 19.7. The van der Waals surface area contributed by atoms with Crippen LogP contribution in [0.5, 0.6) is 0 Å². The van der Waals surface area contributed by atoms with Crippen molar-refractivity contribution in [2.75, 3.05) is 13.2 Å². The molecular weight excluding hydrogens is 396 g/mol. The summed E-state index contributed by atoms with van der Waals surface area (Å²) in [7, 11) is 0. The highest BCUT2D eigenvalue weighted by Gasteiger charge is 2.43. The van der Waals surface area contributed by atoms with E-state index in [4.69, 9.17) is 9.47 Å². The number of carboxylic acids is 1. The van der Waals surface area contributed by atoms with Gasteiger partial charge in [0.25, 0.3) is 0 Å². The second kappa shape index (κ2) is 17.0. The van der Waals surface area contributed by atoms with E-state index < -0.39 is 29.7 Å². The fourth-order valence-corrected chi connectivity index (χ4v) is 4.26. The summed E-state index contributed by atoms with van der Waals surface area (Å²) in [6.45, 7) is 5.04. The summed E-state index contributed by atoms with van der Waals surface area (Å²) < 4.78 is 10.9. The molecule has 0 aromatic heterocycles. The molecule has 0 aliphatic heterocycles. The van der Waals surface area contributed by atoms with Crippen LogP contribution in [0.3, 0.4) is 0 Å². The van der Waals surface area contributed by atoms with Crippen molar-refractivity contribution in [3.63, 3.8) is 0 Å². The van der Waals surface area contributed by atoms with Gasteiger partial charge >= 0.3 is 17.9 Å². The lowest BCUT2D eigenvalue weighted by molar-refractivity contribution is -0.166. The molecule has 6 heteroatoms. The number of carboxylic acid groups (broad SMARTS) is 1. The number of aliphatic carboxylic acids is 1. The Balaban J connectivity index is 2.45. The van der Waals surface area contributed by atoms with Gasteiger partial charge in [0.15, 0.2) is 0 Å². The van der Waals surface area contributed by atoms with Crippen LogP contribution in [0.15, 0.2) is 0 Å². The van der Waals surface area contributed by atoms with E-state index in [1.165, 1.54) is 38.5 Å². The van der Waals surface area contributed by atoms with Gasteiger partial charge in [-0.15, -0.1) is 0 Å². The molecule has 1 aliphatic carbocycles. The van der Waals surface area contributed by atoms with Gasteiger partial charge in [0, 0.05) is 0 Å². The van der Waals surface area contributed by atoms with E-state index in [0.717, 1.165) is 38.5 Å². The first-order valence-corrected chi connectivity index (χ1v) is 12.6. The third-order valence-corrected chi connectivity index (χ3v) is 6.29. The third-order valence-electron chi connectivity index (χ3n) is 6.29. The Bertz CT molecular complexity index is 518. The first kappa shape index (κ1) is 27.4. The lowest BCUT2D eigenvalue weighted by atomic mass is 9.74. The molecule has 1 saturated carbocycles. The number of hydrogen-bond acceptors (Lipinski definition) is 5. The Hall–Kier alpha value is -1.59. The normalized spacial score (nSPS) is 20.9. The number of hydrogen-bond donors (Lipinski definition) is 1. The van der Waals surface area contributed by atoms with Crippen molar-refractivity contribution < 1.29 is 29.0 Å². The van der Waals surface area contributed by atoms with E-state index in [9.17, 15) is 19.5 Å². The van der Waals surface area contributed by atoms with Crippen LogP contribution in [-0.4, -0.2) is 36.2 Å². The Morgan fingerprint density at radius 1 is 0.677 bits per heavy atom. The van der Waals surface area contributed by atoms with E-state index in [1.807, 2.05) is 0 Å². The highest BCUT2D eigenvalue weighted by molar-refractivity contribution is 5.83. The summed E-state index contributed by atoms with van der Waals surface area (Å²) in [6, 6.07) is 0. The molecule has 180 valence electrons. The topological polar surface area (TPSA) is 89.9 Å². The maximum Gasteiger partial charge on any atom is 0.309 e. The van der Waals surface area contributed by atoms with Gasteiger partial charge in [0.2, 0.25) is 0 Å². The molecule has 0 aromatic carbocycles. The Morgan fingerprint density at radius 2 is 1.13 bits per heavy atom. The number of unbranched alkanes of at least 4 members (excludes halogenated alkanes) is 10. The molecule has 3 atom stereocenters. The van der Waals surface area contributed by atoms with Crippen LogP contribution in [-0.2, 0) is 23.9 Å². The average molecular weight is 441 g/mol. The minimum atomic E-state index is -0.910. The van der Waals surface area contributed by atoms with E-state index >= 15 is 0 Å². The van der Waals surface area contributed by atoms with Crippen molar-refractivity contribution in [2.45, 2.75) is 110 Å². The monoisotopic (exact) mass is 440 g/mol. The van der Waals surface area contributed by atoms with E-state index in [2.05, 4.69) is 13.8 Å². The molecular formula is C25H44O6. The summed E-state index contributed by atoms with van der Waals surface area (Å²) >= 11 is 0. The molecule has 0 radical (unpaired) electrons. The van der Waals surface area contributed by atoms with Gasteiger partial charge in [-0.05, 0) is 32.1 Å². The summed E-state index contributed by atoms with van der Waals surface area (Å²) in [5, 5.41) is 9.37. The minimum absolute atomic E-state index is 0.154. The Labute approximate surface area is 188 Å². The molecule has 0 heterocycles. The van der Waals surface area contributed by atoms with Gasteiger partial charge in [-0.25, -0.2) is 0 Å². The van der Waals surface area contributed by atoms with Crippen LogP contribution in [0, 0.1) is 17.8 Å². The number of esters is 2. The van der Waals surface area contributed by atoms with Crippen molar-refractivity contribution in [2.24, 2.45) is 17.8 Å². The molecule has 0 spiro atoms. The average Bonchev–Trinajstić information content (AvgIpc) is 2.77. The summed E-state index contributed by atoms with van der Waals surface area (Å²) in [6.07, 6.45) is 14.1. The van der Waals surface area contributed by atoms with E-state index in [-0.39, 0.29) is 12.4 Å². The van der Waals surface area contributed by atoms with Crippen molar-refractivity contribution >= 4 is 17.9 Å². The molecule has 3 unspecified atom stereocenters. The second-order valence-electron chi connectivity index (χ2n) is 8.93. The summed E-state index contributed by atoms with van der Waals surface area (Å²) in [4.78, 5) is 36.7. The highest BCUT2D eigenvalue weighted by Crippen LogP contribution is 2.36. The maximum atomic E-state index is 12.7. The molecule has 0 aromatic rings. The SMILES string of the molecule is CCCCCCCCOC(=O)C1CCC(C(=O)O)CC1C(=O)OCCCCCCCC. The zero-order valence-corrected chi connectivity index (χ0v) is 19.7. The van der Waals surface area contributed by atoms with Crippen molar-refractivity contribution in [1.82, 2.24) is 0 Å². The first-order valence-electron chi connectivity index (χ1n) is 12.6. The quantitative estimate of drug-likeness (QED) is 0.223.